The van der Waals surface area contributed by atoms with Crippen LogP contribution in [0.4, 0.5) is 13.2 Å². The molecule has 1 rings (SSSR count). The van der Waals surface area contributed by atoms with Crippen LogP contribution < -0.4 is 5.73 Å². The van der Waals surface area contributed by atoms with Gasteiger partial charge in [0.1, 0.15) is 5.69 Å². The monoisotopic (exact) mass is 266 g/mol. The third-order valence-electron chi connectivity index (χ3n) is 1.79. The minimum atomic E-state index is -4.53. The molecular weight excluding hydrogens is 257 g/mol. The third-order valence-corrected chi connectivity index (χ3v) is 2.83. The van der Waals surface area contributed by atoms with Crippen LogP contribution in [0.1, 0.15) is 16.6 Å². The van der Waals surface area contributed by atoms with Crippen LogP contribution in [-0.4, -0.2) is 21.8 Å². The zero-order chi connectivity index (χ0) is 13.1. The van der Waals surface area contributed by atoms with E-state index in [2.05, 4.69) is 4.98 Å². The quantitative estimate of drug-likeness (QED) is 0.814. The van der Waals surface area contributed by atoms with Gasteiger partial charge in [0.15, 0.2) is 0 Å². The first-order valence-electron chi connectivity index (χ1n) is 4.43. The molecule has 3 N–H and O–H groups in total. The van der Waals surface area contributed by atoms with Crippen LogP contribution in [0.15, 0.2) is 18.3 Å². The van der Waals surface area contributed by atoms with Gasteiger partial charge in [-0.05, 0) is 17.7 Å². The highest BCUT2D eigenvalue weighted by Crippen LogP contribution is 2.30. The summed E-state index contributed by atoms with van der Waals surface area (Å²) >= 11 is 0.840. The summed E-state index contributed by atoms with van der Waals surface area (Å²) in [7, 11) is 0. The molecule has 1 unspecified atom stereocenters. The molecule has 8 heteroatoms. The van der Waals surface area contributed by atoms with E-state index in [0.29, 0.717) is 0 Å². The predicted molar refractivity (Wildman–Crippen MR) is 56.3 cm³/mol. The number of halogens is 3. The summed E-state index contributed by atoms with van der Waals surface area (Å²) in [6, 6.07) is 2.15. The minimum Gasteiger partial charge on any atom is -0.481 e. The lowest BCUT2D eigenvalue weighted by atomic mass is 10.2. The van der Waals surface area contributed by atoms with Crippen LogP contribution in [0.3, 0.4) is 0 Å². The molecule has 0 aliphatic carbocycles. The van der Waals surface area contributed by atoms with E-state index in [9.17, 15) is 18.0 Å². The Hall–Kier alpha value is -1.28. The molecule has 0 radical (unpaired) electrons. The summed E-state index contributed by atoms with van der Waals surface area (Å²) in [5.41, 5.74) is 4.71. The number of carboxylic acid groups (broad SMARTS) is 1. The predicted octanol–water partition coefficient (Wildman–Crippen LogP) is 1.88. The van der Waals surface area contributed by atoms with Gasteiger partial charge in [0.25, 0.3) is 0 Å². The molecule has 0 saturated heterocycles. The van der Waals surface area contributed by atoms with Gasteiger partial charge in [-0.25, -0.2) is 0 Å². The second-order valence-corrected chi connectivity index (χ2v) is 4.23. The Morgan fingerprint density at radius 3 is 2.76 bits per heavy atom. The maximum Gasteiger partial charge on any atom is 0.433 e. The van der Waals surface area contributed by atoms with E-state index >= 15 is 0 Å². The lowest BCUT2D eigenvalue weighted by Gasteiger charge is -2.12. The molecule has 17 heavy (non-hydrogen) atoms. The van der Waals surface area contributed by atoms with E-state index in [0.717, 1.165) is 24.0 Å². The summed E-state index contributed by atoms with van der Waals surface area (Å²) in [5, 5.41) is 7.60. The summed E-state index contributed by atoms with van der Waals surface area (Å²) < 4.78 is 37.0. The molecule has 0 amide bonds. The normalized spacial score (nSPS) is 13.4. The Kier molecular flexibility index (Phi) is 4.35. The van der Waals surface area contributed by atoms with Crippen molar-refractivity contribution in [2.24, 2.45) is 5.73 Å². The number of hydrogen-bond acceptors (Lipinski definition) is 4. The van der Waals surface area contributed by atoms with Crippen molar-refractivity contribution < 1.29 is 23.1 Å². The number of rotatable bonds is 4. The average molecular weight is 266 g/mol. The van der Waals surface area contributed by atoms with Crippen molar-refractivity contribution in [1.29, 1.82) is 0 Å². The van der Waals surface area contributed by atoms with Crippen molar-refractivity contribution >= 4 is 17.7 Å². The number of nitrogens with zero attached hydrogens (tertiary/aromatic N) is 1. The van der Waals surface area contributed by atoms with Crippen molar-refractivity contribution in [2.45, 2.75) is 11.6 Å². The Balaban J connectivity index is 2.81. The molecule has 1 atom stereocenters. The maximum absolute atomic E-state index is 12.3. The van der Waals surface area contributed by atoms with Gasteiger partial charge in [-0.15, -0.1) is 11.8 Å². The van der Waals surface area contributed by atoms with Crippen molar-refractivity contribution in [3.8, 4) is 0 Å². The van der Waals surface area contributed by atoms with Gasteiger partial charge in [0.2, 0.25) is 0 Å². The first kappa shape index (κ1) is 13.8. The van der Waals surface area contributed by atoms with Crippen LogP contribution in [0, 0.1) is 0 Å². The van der Waals surface area contributed by atoms with Gasteiger partial charge < -0.3 is 10.8 Å². The van der Waals surface area contributed by atoms with Crippen LogP contribution in [0.2, 0.25) is 0 Å². The molecule has 0 spiro atoms. The Labute approximate surface area is 99.0 Å². The van der Waals surface area contributed by atoms with Gasteiger partial charge in [-0.2, -0.15) is 13.2 Å². The third kappa shape index (κ3) is 4.23. The number of thioether (sulfide) groups is 1. The topological polar surface area (TPSA) is 76.2 Å². The summed E-state index contributed by atoms with van der Waals surface area (Å²) in [6.45, 7) is 0. The van der Waals surface area contributed by atoms with Crippen LogP contribution in [0.25, 0.3) is 0 Å². The Bertz CT molecular complexity index is 411. The van der Waals surface area contributed by atoms with E-state index in [4.69, 9.17) is 10.8 Å². The van der Waals surface area contributed by atoms with Crippen LogP contribution in [-0.2, 0) is 11.0 Å². The highest BCUT2D eigenvalue weighted by atomic mass is 32.2. The standard InChI is InChI=1S/C9H9F3N2O2S/c10-9(11,12)6-3-5(1-2-14-6)8(13)17-4-7(15)16/h1-3,8H,4,13H2,(H,15,16). The first-order valence-corrected chi connectivity index (χ1v) is 5.47. The number of aromatic nitrogens is 1. The fraction of sp³-hybridized carbons (Fsp3) is 0.333. The van der Waals surface area contributed by atoms with E-state index < -0.39 is 23.2 Å². The van der Waals surface area contributed by atoms with Crippen LogP contribution in [0.5, 0.6) is 0 Å². The van der Waals surface area contributed by atoms with Gasteiger partial charge in [0.05, 0.1) is 11.1 Å². The maximum atomic E-state index is 12.3. The fourth-order valence-corrected chi connectivity index (χ4v) is 1.70. The molecule has 1 heterocycles. The molecule has 1 aromatic rings. The number of aliphatic carboxylic acids is 1. The number of pyridine rings is 1. The van der Waals surface area contributed by atoms with Crippen LogP contribution >= 0.6 is 11.8 Å². The highest BCUT2D eigenvalue weighted by molar-refractivity contribution is 8.00. The lowest BCUT2D eigenvalue weighted by molar-refractivity contribution is -0.141. The average Bonchev–Trinajstić information content (AvgIpc) is 2.25. The van der Waals surface area contributed by atoms with Crippen molar-refractivity contribution in [3.63, 3.8) is 0 Å². The number of carbonyl (C=O) groups is 1. The highest BCUT2D eigenvalue weighted by Gasteiger charge is 2.32. The number of nitrogens with two attached hydrogens (primary N) is 1. The van der Waals surface area contributed by atoms with Gasteiger partial charge in [-0.3, -0.25) is 9.78 Å². The SMILES string of the molecule is NC(SCC(=O)O)c1ccnc(C(F)(F)F)c1. The smallest absolute Gasteiger partial charge is 0.433 e. The van der Waals surface area contributed by atoms with Crippen molar-refractivity contribution in [2.75, 3.05) is 5.75 Å². The minimum absolute atomic E-state index is 0.193. The zero-order valence-electron chi connectivity index (χ0n) is 8.44. The van der Waals surface area contributed by atoms with E-state index in [-0.39, 0.29) is 11.3 Å². The lowest BCUT2D eigenvalue weighted by Crippen LogP contribution is -2.13. The van der Waals surface area contributed by atoms with Gasteiger partial charge in [0, 0.05) is 6.20 Å². The van der Waals surface area contributed by atoms with E-state index in [1.807, 2.05) is 0 Å². The molecule has 0 bridgehead atoms. The van der Waals surface area contributed by atoms with Gasteiger partial charge >= 0.3 is 12.1 Å². The largest absolute Gasteiger partial charge is 0.481 e. The van der Waals surface area contributed by atoms with Crippen molar-refractivity contribution in [3.05, 3.63) is 29.6 Å². The second kappa shape index (κ2) is 5.37. The fourth-order valence-electron chi connectivity index (χ4n) is 1.04. The summed E-state index contributed by atoms with van der Waals surface area (Å²) in [5.74, 6) is -1.35. The Morgan fingerprint density at radius 2 is 2.24 bits per heavy atom. The first-order chi connectivity index (χ1) is 7.80. The summed E-state index contributed by atoms with van der Waals surface area (Å²) in [6.07, 6.45) is -3.54. The molecule has 0 aliphatic rings. The number of carboxylic acids is 1. The number of alkyl halides is 3. The molecule has 0 aliphatic heterocycles. The molecule has 1 aromatic heterocycles. The second-order valence-electron chi connectivity index (χ2n) is 3.10. The van der Waals surface area contributed by atoms with E-state index in [1.165, 1.54) is 6.07 Å². The van der Waals surface area contributed by atoms with Crippen molar-refractivity contribution in [1.82, 2.24) is 4.98 Å². The molecule has 0 fully saturated rings. The summed E-state index contributed by atoms with van der Waals surface area (Å²) in [4.78, 5) is 13.5. The molecular formula is C9H9F3N2O2S. The van der Waals surface area contributed by atoms with Gasteiger partial charge in [-0.1, -0.05) is 0 Å². The molecule has 0 saturated carbocycles. The molecule has 4 nitrogen and oxygen atoms in total. The number of hydrogen-bond donors (Lipinski definition) is 2. The van der Waals surface area contributed by atoms with E-state index in [1.54, 1.807) is 0 Å². The molecule has 94 valence electrons. The Morgan fingerprint density at radius 1 is 1.59 bits per heavy atom. The zero-order valence-corrected chi connectivity index (χ0v) is 9.26. The molecule has 0 aromatic carbocycles.